The lowest BCUT2D eigenvalue weighted by Crippen LogP contribution is -2.12. The Balaban J connectivity index is 1.98. The lowest BCUT2D eigenvalue weighted by atomic mass is 10.3. The van der Waals surface area contributed by atoms with E-state index in [1.807, 2.05) is 30.5 Å². The molecule has 0 aliphatic carbocycles. The summed E-state index contributed by atoms with van der Waals surface area (Å²) in [7, 11) is 0. The Labute approximate surface area is 89.5 Å². The summed E-state index contributed by atoms with van der Waals surface area (Å²) in [6.45, 7) is 3.98. The summed E-state index contributed by atoms with van der Waals surface area (Å²) in [5, 5.41) is 3.31. The summed E-state index contributed by atoms with van der Waals surface area (Å²) in [5.74, 6) is 1.88. The predicted octanol–water partition coefficient (Wildman–Crippen LogP) is 2.77. The van der Waals surface area contributed by atoms with Gasteiger partial charge >= 0.3 is 0 Å². The molecular formula is C12H16N2O. The average molecular weight is 204 g/mol. The fraction of sp³-hybridized carbons (Fsp3) is 0.333. The van der Waals surface area contributed by atoms with Crippen LogP contribution in [0, 0.1) is 0 Å². The van der Waals surface area contributed by atoms with Crippen LogP contribution < -0.4 is 5.32 Å². The summed E-state index contributed by atoms with van der Waals surface area (Å²) in [6.07, 6.45) is 3.04. The summed E-state index contributed by atoms with van der Waals surface area (Å²) >= 11 is 0. The lowest BCUT2D eigenvalue weighted by Gasteiger charge is -1.98. The molecule has 0 aliphatic rings. The van der Waals surface area contributed by atoms with Gasteiger partial charge in [-0.2, -0.15) is 0 Å². The SMILES string of the molecule is CCCNCc1ccc(-c2ccc[nH]2)o1. The second-order valence-corrected chi connectivity index (χ2v) is 3.53. The molecule has 0 aromatic carbocycles. The van der Waals surface area contributed by atoms with Gasteiger partial charge in [0, 0.05) is 6.20 Å². The number of rotatable bonds is 5. The summed E-state index contributed by atoms with van der Waals surface area (Å²) in [4.78, 5) is 3.12. The quantitative estimate of drug-likeness (QED) is 0.735. The molecule has 2 rings (SSSR count). The molecule has 0 spiro atoms. The van der Waals surface area contributed by atoms with Crippen molar-refractivity contribution < 1.29 is 4.42 Å². The van der Waals surface area contributed by atoms with Crippen LogP contribution in [0.5, 0.6) is 0 Å². The van der Waals surface area contributed by atoms with Gasteiger partial charge in [0.25, 0.3) is 0 Å². The van der Waals surface area contributed by atoms with Gasteiger partial charge in [-0.05, 0) is 37.2 Å². The van der Waals surface area contributed by atoms with Crippen molar-refractivity contribution in [1.82, 2.24) is 10.3 Å². The molecule has 0 fully saturated rings. The van der Waals surface area contributed by atoms with E-state index in [1.165, 1.54) is 0 Å². The van der Waals surface area contributed by atoms with Crippen molar-refractivity contribution in [2.75, 3.05) is 6.54 Å². The molecule has 0 bridgehead atoms. The minimum Gasteiger partial charge on any atom is -0.458 e. The zero-order valence-corrected chi connectivity index (χ0v) is 8.92. The maximum atomic E-state index is 5.68. The number of hydrogen-bond donors (Lipinski definition) is 2. The third-order valence-corrected chi connectivity index (χ3v) is 2.25. The molecule has 0 aliphatic heterocycles. The van der Waals surface area contributed by atoms with Crippen LogP contribution in [-0.2, 0) is 6.54 Å². The molecule has 0 saturated carbocycles. The van der Waals surface area contributed by atoms with E-state index in [4.69, 9.17) is 4.42 Å². The largest absolute Gasteiger partial charge is 0.458 e. The first-order chi connectivity index (χ1) is 7.40. The maximum Gasteiger partial charge on any atom is 0.150 e. The molecule has 0 atom stereocenters. The summed E-state index contributed by atoms with van der Waals surface area (Å²) in [5.41, 5.74) is 1.02. The zero-order chi connectivity index (χ0) is 10.5. The van der Waals surface area contributed by atoms with E-state index in [2.05, 4.69) is 17.2 Å². The number of hydrogen-bond acceptors (Lipinski definition) is 2. The number of H-pyrrole nitrogens is 1. The Morgan fingerprint density at radius 1 is 1.33 bits per heavy atom. The van der Waals surface area contributed by atoms with Crippen molar-refractivity contribution in [2.24, 2.45) is 0 Å². The Morgan fingerprint density at radius 2 is 2.27 bits per heavy atom. The molecular weight excluding hydrogens is 188 g/mol. The second kappa shape index (κ2) is 4.84. The highest BCUT2D eigenvalue weighted by Crippen LogP contribution is 2.19. The minimum atomic E-state index is 0.800. The first-order valence-corrected chi connectivity index (χ1v) is 5.33. The topological polar surface area (TPSA) is 41.0 Å². The van der Waals surface area contributed by atoms with E-state index in [-0.39, 0.29) is 0 Å². The van der Waals surface area contributed by atoms with Gasteiger partial charge < -0.3 is 14.7 Å². The van der Waals surface area contributed by atoms with Crippen LogP contribution in [0.4, 0.5) is 0 Å². The van der Waals surface area contributed by atoms with Crippen LogP contribution in [0.1, 0.15) is 19.1 Å². The van der Waals surface area contributed by atoms with Crippen LogP contribution >= 0.6 is 0 Å². The van der Waals surface area contributed by atoms with Crippen LogP contribution in [-0.4, -0.2) is 11.5 Å². The second-order valence-electron chi connectivity index (χ2n) is 3.53. The van der Waals surface area contributed by atoms with Gasteiger partial charge in [0.2, 0.25) is 0 Å². The van der Waals surface area contributed by atoms with Crippen LogP contribution in [0.25, 0.3) is 11.5 Å². The molecule has 15 heavy (non-hydrogen) atoms. The van der Waals surface area contributed by atoms with Gasteiger partial charge in [-0.3, -0.25) is 0 Å². The third kappa shape index (κ3) is 2.50. The van der Waals surface area contributed by atoms with Gasteiger partial charge in [-0.1, -0.05) is 6.92 Å². The van der Waals surface area contributed by atoms with Crippen molar-refractivity contribution in [3.63, 3.8) is 0 Å². The molecule has 2 N–H and O–H groups in total. The van der Waals surface area contributed by atoms with Crippen molar-refractivity contribution in [3.05, 3.63) is 36.2 Å². The molecule has 3 heteroatoms. The Hall–Kier alpha value is -1.48. The summed E-state index contributed by atoms with van der Waals surface area (Å²) < 4.78 is 5.68. The molecule has 0 unspecified atom stereocenters. The summed E-state index contributed by atoms with van der Waals surface area (Å²) in [6, 6.07) is 7.97. The van der Waals surface area contributed by atoms with Crippen LogP contribution in [0.3, 0.4) is 0 Å². The van der Waals surface area contributed by atoms with E-state index in [0.717, 1.165) is 36.7 Å². The van der Waals surface area contributed by atoms with E-state index >= 15 is 0 Å². The zero-order valence-electron chi connectivity index (χ0n) is 8.92. The van der Waals surface area contributed by atoms with Crippen molar-refractivity contribution in [3.8, 4) is 11.5 Å². The molecule has 3 nitrogen and oxygen atoms in total. The number of nitrogens with one attached hydrogen (secondary N) is 2. The van der Waals surface area contributed by atoms with E-state index < -0.39 is 0 Å². The van der Waals surface area contributed by atoms with Gasteiger partial charge in [-0.15, -0.1) is 0 Å². The van der Waals surface area contributed by atoms with Crippen LogP contribution in [0.15, 0.2) is 34.9 Å². The fourth-order valence-corrected chi connectivity index (χ4v) is 1.49. The Bertz CT molecular complexity index is 389. The number of aromatic amines is 1. The number of aromatic nitrogens is 1. The van der Waals surface area contributed by atoms with Gasteiger partial charge in [0.05, 0.1) is 12.2 Å². The standard InChI is InChI=1S/C12H16N2O/c1-2-7-13-9-10-5-6-12(15-10)11-4-3-8-14-11/h3-6,8,13-14H,2,7,9H2,1H3. The fourth-order valence-electron chi connectivity index (χ4n) is 1.49. The first kappa shape index (κ1) is 10.1. The molecule has 2 aromatic rings. The highest BCUT2D eigenvalue weighted by Gasteiger charge is 2.04. The number of furan rings is 1. The van der Waals surface area contributed by atoms with E-state index in [9.17, 15) is 0 Å². The van der Waals surface area contributed by atoms with E-state index in [1.54, 1.807) is 0 Å². The molecule has 0 saturated heterocycles. The highest BCUT2D eigenvalue weighted by atomic mass is 16.3. The Kier molecular flexibility index (Phi) is 3.25. The van der Waals surface area contributed by atoms with Gasteiger partial charge in [-0.25, -0.2) is 0 Å². The lowest BCUT2D eigenvalue weighted by molar-refractivity contribution is 0.492. The van der Waals surface area contributed by atoms with Crippen molar-refractivity contribution >= 4 is 0 Å². The average Bonchev–Trinajstić information content (AvgIpc) is 2.87. The molecule has 2 heterocycles. The molecule has 0 radical (unpaired) electrons. The monoisotopic (exact) mass is 204 g/mol. The Morgan fingerprint density at radius 3 is 3.00 bits per heavy atom. The van der Waals surface area contributed by atoms with Gasteiger partial charge in [0.15, 0.2) is 5.76 Å². The van der Waals surface area contributed by atoms with Gasteiger partial charge in [0.1, 0.15) is 5.76 Å². The van der Waals surface area contributed by atoms with E-state index in [0.29, 0.717) is 0 Å². The molecule has 2 aromatic heterocycles. The minimum absolute atomic E-state index is 0.800. The third-order valence-electron chi connectivity index (χ3n) is 2.25. The molecule has 0 amide bonds. The van der Waals surface area contributed by atoms with Crippen molar-refractivity contribution in [2.45, 2.75) is 19.9 Å². The molecule has 80 valence electrons. The first-order valence-electron chi connectivity index (χ1n) is 5.33. The maximum absolute atomic E-state index is 5.68. The smallest absolute Gasteiger partial charge is 0.150 e. The normalized spacial score (nSPS) is 10.7. The van der Waals surface area contributed by atoms with Crippen LogP contribution in [0.2, 0.25) is 0 Å². The highest BCUT2D eigenvalue weighted by molar-refractivity contribution is 5.52. The predicted molar refractivity (Wildman–Crippen MR) is 60.5 cm³/mol. The van der Waals surface area contributed by atoms with Crippen molar-refractivity contribution in [1.29, 1.82) is 0 Å².